The molecule has 0 aromatic carbocycles. The van der Waals surface area contributed by atoms with Crippen molar-refractivity contribution in [3.63, 3.8) is 0 Å². The number of nitrogens with one attached hydrogen (secondary N) is 1. The monoisotopic (exact) mass is 348 g/mol. The van der Waals surface area contributed by atoms with Crippen molar-refractivity contribution in [3.05, 3.63) is 46.0 Å². The van der Waals surface area contributed by atoms with Crippen LogP contribution < -0.4 is 15.8 Å². The molecule has 0 spiro atoms. The fourth-order valence-corrected chi connectivity index (χ4v) is 3.04. The van der Waals surface area contributed by atoms with Gasteiger partial charge in [0.15, 0.2) is 0 Å². The summed E-state index contributed by atoms with van der Waals surface area (Å²) in [6.45, 7) is 5.13. The van der Waals surface area contributed by atoms with E-state index in [9.17, 15) is 4.79 Å². The molecule has 2 aromatic rings. The second-order valence-electron chi connectivity index (χ2n) is 5.74. The van der Waals surface area contributed by atoms with E-state index in [1.54, 1.807) is 13.2 Å². The minimum absolute atomic E-state index is 0.146. The smallest absolute Gasteiger partial charge is 0.291 e. The first-order valence-corrected chi connectivity index (χ1v) is 8.37. The Morgan fingerprint density at radius 1 is 1.25 bits per heavy atom. The molecular formula is C16H21ClN6O. The summed E-state index contributed by atoms with van der Waals surface area (Å²) in [4.78, 5) is 20.9. The maximum absolute atomic E-state index is 12.2. The molecule has 0 radical (unpaired) electrons. The third-order valence-electron chi connectivity index (χ3n) is 4.15. The van der Waals surface area contributed by atoms with E-state index < -0.39 is 0 Å². The average Bonchev–Trinajstić information content (AvgIpc) is 2.61. The highest BCUT2D eigenvalue weighted by atomic mass is 35.5. The van der Waals surface area contributed by atoms with Crippen molar-refractivity contribution in [2.45, 2.75) is 0 Å². The number of halogens is 1. The fraction of sp³-hybridized carbons (Fsp3) is 0.438. The summed E-state index contributed by atoms with van der Waals surface area (Å²) in [5, 5.41) is 7.67. The van der Waals surface area contributed by atoms with Crippen LogP contribution in [-0.4, -0.2) is 58.9 Å². The lowest BCUT2D eigenvalue weighted by Gasteiger charge is -2.36. The Bertz CT molecular complexity index is 727. The molecule has 1 aliphatic heterocycles. The normalized spacial score (nSPS) is 15.5. The number of aryl methyl sites for hydroxylation is 1. The second-order valence-corrected chi connectivity index (χ2v) is 6.15. The molecule has 24 heavy (non-hydrogen) atoms. The van der Waals surface area contributed by atoms with Gasteiger partial charge in [0.2, 0.25) is 0 Å². The average molecular weight is 349 g/mol. The number of hydrogen-bond donors (Lipinski definition) is 1. The number of rotatable bonds is 5. The van der Waals surface area contributed by atoms with Gasteiger partial charge in [-0.05, 0) is 12.1 Å². The Kier molecular flexibility index (Phi) is 5.32. The molecule has 8 heteroatoms. The van der Waals surface area contributed by atoms with Crippen LogP contribution in [0.2, 0.25) is 5.02 Å². The lowest BCUT2D eigenvalue weighted by molar-refractivity contribution is 0.267. The molecular weight excluding hydrogens is 328 g/mol. The van der Waals surface area contributed by atoms with Crippen molar-refractivity contribution in [3.8, 4) is 0 Å². The first kappa shape index (κ1) is 16.7. The molecule has 0 amide bonds. The van der Waals surface area contributed by atoms with Gasteiger partial charge in [0.1, 0.15) is 11.5 Å². The van der Waals surface area contributed by atoms with Crippen LogP contribution in [0.15, 0.2) is 35.4 Å². The van der Waals surface area contributed by atoms with E-state index in [-0.39, 0.29) is 5.56 Å². The van der Waals surface area contributed by atoms with Gasteiger partial charge in [-0.2, -0.15) is 5.10 Å². The van der Waals surface area contributed by atoms with Crippen LogP contribution in [0.5, 0.6) is 0 Å². The predicted molar refractivity (Wildman–Crippen MR) is 95.9 cm³/mol. The molecule has 3 rings (SSSR count). The van der Waals surface area contributed by atoms with E-state index in [4.69, 9.17) is 11.6 Å². The van der Waals surface area contributed by atoms with E-state index >= 15 is 0 Å². The maximum atomic E-state index is 12.2. The summed E-state index contributed by atoms with van der Waals surface area (Å²) in [6.07, 6.45) is 3.31. The van der Waals surface area contributed by atoms with Gasteiger partial charge >= 0.3 is 0 Å². The first-order chi connectivity index (χ1) is 11.6. The van der Waals surface area contributed by atoms with Gasteiger partial charge in [0, 0.05) is 52.5 Å². The first-order valence-electron chi connectivity index (χ1n) is 7.99. The fourth-order valence-electron chi connectivity index (χ4n) is 2.80. The number of piperazine rings is 1. The SMILES string of the molecule is Cn1ncc(Cl)c(N2CCN(CCNc3ccccn3)CC2)c1=O. The minimum Gasteiger partial charge on any atom is -0.369 e. The minimum atomic E-state index is -0.146. The van der Waals surface area contributed by atoms with Gasteiger partial charge in [0.05, 0.1) is 11.2 Å². The molecule has 0 aliphatic carbocycles. The summed E-state index contributed by atoms with van der Waals surface area (Å²) in [5.74, 6) is 0.892. The summed E-state index contributed by atoms with van der Waals surface area (Å²) >= 11 is 6.17. The zero-order chi connectivity index (χ0) is 16.9. The van der Waals surface area contributed by atoms with Crippen molar-refractivity contribution in [2.24, 2.45) is 7.05 Å². The third-order valence-corrected chi connectivity index (χ3v) is 4.43. The van der Waals surface area contributed by atoms with Gasteiger partial charge in [-0.25, -0.2) is 9.67 Å². The Labute approximate surface area is 145 Å². The van der Waals surface area contributed by atoms with E-state index in [1.165, 1.54) is 10.9 Å². The number of anilines is 2. The topological polar surface area (TPSA) is 66.3 Å². The van der Waals surface area contributed by atoms with E-state index in [2.05, 4.69) is 25.2 Å². The highest BCUT2D eigenvalue weighted by Crippen LogP contribution is 2.21. The molecule has 3 heterocycles. The van der Waals surface area contributed by atoms with Crippen LogP contribution in [0.1, 0.15) is 0 Å². The highest BCUT2D eigenvalue weighted by Gasteiger charge is 2.21. The summed E-state index contributed by atoms with van der Waals surface area (Å²) in [6, 6.07) is 5.82. The quantitative estimate of drug-likeness (QED) is 0.871. The highest BCUT2D eigenvalue weighted by molar-refractivity contribution is 6.33. The molecule has 1 N–H and O–H groups in total. The van der Waals surface area contributed by atoms with Crippen molar-refractivity contribution in [2.75, 3.05) is 49.5 Å². The lowest BCUT2D eigenvalue weighted by atomic mass is 10.2. The molecule has 0 unspecified atom stereocenters. The zero-order valence-corrected chi connectivity index (χ0v) is 14.4. The van der Waals surface area contributed by atoms with E-state index in [0.717, 1.165) is 45.1 Å². The van der Waals surface area contributed by atoms with E-state index in [1.807, 2.05) is 18.2 Å². The Morgan fingerprint density at radius 3 is 2.75 bits per heavy atom. The summed E-state index contributed by atoms with van der Waals surface area (Å²) < 4.78 is 1.32. The maximum Gasteiger partial charge on any atom is 0.291 e. The molecule has 1 aliphatic rings. The van der Waals surface area contributed by atoms with Gasteiger partial charge < -0.3 is 10.2 Å². The zero-order valence-electron chi connectivity index (χ0n) is 13.7. The van der Waals surface area contributed by atoms with E-state index in [0.29, 0.717) is 10.7 Å². The molecule has 7 nitrogen and oxygen atoms in total. The number of nitrogens with zero attached hydrogens (tertiary/aromatic N) is 5. The van der Waals surface area contributed by atoms with Gasteiger partial charge in [-0.15, -0.1) is 0 Å². The molecule has 0 saturated carbocycles. The molecule has 2 aromatic heterocycles. The Hall–Kier alpha value is -2.12. The number of pyridine rings is 1. The summed E-state index contributed by atoms with van der Waals surface area (Å²) in [5.41, 5.74) is 0.410. The third kappa shape index (κ3) is 3.85. The van der Waals surface area contributed by atoms with Crippen molar-refractivity contribution in [1.82, 2.24) is 19.7 Å². The summed E-state index contributed by atoms with van der Waals surface area (Å²) in [7, 11) is 1.64. The van der Waals surface area contributed by atoms with Gasteiger partial charge in [-0.3, -0.25) is 9.69 Å². The van der Waals surface area contributed by atoms with Crippen molar-refractivity contribution in [1.29, 1.82) is 0 Å². The van der Waals surface area contributed by atoms with Gasteiger partial charge in [-0.1, -0.05) is 17.7 Å². The Morgan fingerprint density at radius 2 is 2.04 bits per heavy atom. The van der Waals surface area contributed by atoms with Gasteiger partial charge in [0.25, 0.3) is 5.56 Å². The van der Waals surface area contributed by atoms with Crippen LogP contribution in [0.25, 0.3) is 0 Å². The number of hydrogen-bond acceptors (Lipinski definition) is 6. The largest absolute Gasteiger partial charge is 0.369 e. The molecule has 1 saturated heterocycles. The molecule has 0 bridgehead atoms. The number of aromatic nitrogens is 3. The van der Waals surface area contributed by atoms with Crippen molar-refractivity contribution >= 4 is 23.1 Å². The molecule has 128 valence electrons. The standard InChI is InChI=1S/C16H21ClN6O/c1-21-16(24)15(13(17)12-20-21)23-10-8-22(9-11-23)7-6-19-14-4-2-3-5-18-14/h2-5,12H,6-11H2,1H3,(H,18,19). The van der Waals surface area contributed by atoms with Crippen LogP contribution in [0, 0.1) is 0 Å². The van der Waals surface area contributed by atoms with Crippen LogP contribution in [0.4, 0.5) is 11.5 Å². The lowest BCUT2D eigenvalue weighted by Crippen LogP contribution is -2.49. The Balaban J connectivity index is 1.51. The van der Waals surface area contributed by atoms with Crippen molar-refractivity contribution < 1.29 is 0 Å². The van der Waals surface area contributed by atoms with Crippen LogP contribution in [0.3, 0.4) is 0 Å². The predicted octanol–water partition coefficient (Wildman–Crippen LogP) is 1.06. The molecule has 1 fully saturated rings. The van der Waals surface area contributed by atoms with Crippen LogP contribution >= 0.6 is 11.6 Å². The second kappa shape index (κ2) is 7.63. The van der Waals surface area contributed by atoms with Crippen LogP contribution in [-0.2, 0) is 7.05 Å². The molecule has 0 atom stereocenters.